The molecule has 0 radical (unpaired) electrons. The van der Waals surface area contributed by atoms with Crippen LogP contribution in [0.3, 0.4) is 0 Å². The summed E-state index contributed by atoms with van der Waals surface area (Å²) in [5.41, 5.74) is 0.648. The van der Waals surface area contributed by atoms with Crippen LogP contribution in [0.25, 0.3) is 0 Å². The Labute approximate surface area is 130 Å². The second kappa shape index (κ2) is 5.94. The summed E-state index contributed by atoms with van der Waals surface area (Å²) in [6, 6.07) is 2.78. The number of primary sulfonamides is 1. The smallest absolute Gasteiger partial charge is 0.254 e. The second-order valence-corrected chi connectivity index (χ2v) is 7.37. The average Bonchev–Trinajstić information content (AvgIpc) is 3.20. The molecule has 1 aromatic rings. The molecule has 116 valence electrons. The van der Waals surface area contributed by atoms with Crippen molar-refractivity contribution in [1.29, 1.82) is 0 Å². The molecule has 1 aromatic carbocycles. The summed E-state index contributed by atoms with van der Waals surface area (Å²) >= 11 is 5.95. The van der Waals surface area contributed by atoms with Crippen molar-refractivity contribution >= 4 is 27.5 Å². The number of nitrogens with zero attached hydrogens (tertiary/aromatic N) is 1. The minimum absolute atomic E-state index is 0.0965. The predicted molar refractivity (Wildman–Crippen MR) is 81.9 cm³/mol. The van der Waals surface area contributed by atoms with Gasteiger partial charge in [-0.05, 0) is 50.3 Å². The summed E-state index contributed by atoms with van der Waals surface area (Å²) in [4.78, 5) is 14.3. The van der Waals surface area contributed by atoms with Gasteiger partial charge in [-0.3, -0.25) is 4.79 Å². The van der Waals surface area contributed by atoms with Crippen molar-refractivity contribution in [2.75, 3.05) is 13.1 Å². The van der Waals surface area contributed by atoms with Crippen molar-refractivity contribution in [3.63, 3.8) is 0 Å². The van der Waals surface area contributed by atoms with E-state index in [1.54, 1.807) is 11.8 Å². The van der Waals surface area contributed by atoms with Crippen molar-refractivity contribution in [3.8, 4) is 0 Å². The van der Waals surface area contributed by atoms with E-state index in [1.807, 2.05) is 6.92 Å². The Morgan fingerprint density at radius 1 is 1.43 bits per heavy atom. The topological polar surface area (TPSA) is 80.5 Å². The van der Waals surface area contributed by atoms with Crippen LogP contribution in [0.4, 0.5) is 0 Å². The molecule has 1 amide bonds. The van der Waals surface area contributed by atoms with E-state index < -0.39 is 10.0 Å². The van der Waals surface area contributed by atoms with Crippen molar-refractivity contribution in [1.82, 2.24) is 4.90 Å². The largest absolute Gasteiger partial charge is 0.339 e. The van der Waals surface area contributed by atoms with Gasteiger partial charge in [0.25, 0.3) is 5.91 Å². The number of amides is 1. The first-order valence-corrected chi connectivity index (χ1v) is 8.78. The van der Waals surface area contributed by atoms with Crippen molar-refractivity contribution in [3.05, 3.63) is 28.3 Å². The van der Waals surface area contributed by atoms with Crippen LogP contribution >= 0.6 is 11.6 Å². The summed E-state index contributed by atoms with van der Waals surface area (Å²) in [5.74, 6) is 0.361. The van der Waals surface area contributed by atoms with Crippen molar-refractivity contribution in [2.45, 2.75) is 31.6 Å². The third-order valence-electron chi connectivity index (χ3n) is 3.71. The first-order chi connectivity index (χ1) is 9.74. The van der Waals surface area contributed by atoms with Crippen LogP contribution in [-0.2, 0) is 10.0 Å². The molecule has 0 bridgehead atoms. The van der Waals surface area contributed by atoms with Gasteiger partial charge in [0.2, 0.25) is 10.0 Å². The molecule has 0 unspecified atom stereocenters. The van der Waals surface area contributed by atoms with Gasteiger partial charge >= 0.3 is 0 Å². The second-order valence-electron chi connectivity index (χ2n) is 5.41. The Balaban J connectivity index is 2.42. The van der Waals surface area contributed by atoms with Crippen molar-refractivity contribution in [2.24, 2.45) is 11.1 Å². The molecule has 0 aliphatic heterocycles. The lowest BCUT2D eigenvalue weighted by molar-refractivity contribution is 0.0756. The van der Waals surface area contributed by atoms with Gasteiger partial charge in [0.1, 0.15) is 0 Å². The minimum Gasteiger partial charge on any atom is -0.339 e. The Morgan fingerprint density at radius 3 is 2.52 bits per heavy atom. The highest BCUT2D eigenvalue weighted by atomic mass is 35.5. The molecule has 0 spiro atoms. The molecule has 0 aromatic heterocycles. The fraction of sp³-hybridized carbons (Fsp3) is 0.500. The van der Waals surface area contributed by atoms with Crippen LogP contribution < -0.4 is 5.14 Å². The summed E-state index contributed by atoms with van der Waals surface area (Å²) in [7, 11) is -3.91. The zero-order valence-corrected chi connectivity index (χ0v) is 13.7. The Kier molecular flexibility index (Phi) is 4.60. The third kappa shape index (κ3) is 3.75. The molecule has 7 heteroatoms. The highest BCUT2D eigenvalue weighted by molar-refractivity contribution is 7.89. The fourth-order valence-corrected chi connectivity index (χ4v) is 3.42. The van der Waals surface area contributed by atoms with Crippen molar-refractivity contribution < 1.29 is 13.2 Å². The molecule has 2 N–H and O–H groups in total. The van der Waals surface area contributed by atoms with Gasteiger partial charge in [0.05, 0.1) is 4.90 Å². The maximum Gasteiger partial charge on any atom is 0.254 e. The molecular weight excluding hydrogens is 312 g/mol. The number of hydrogen-bond donors (Lipinski definition) is 1. The number of halogens is 1. The lowest BCUT2D eigenvalue weighted by atomic mass is 10.1. The summed E-state index contributed by atoms with van der Waals surface area (Å²) in [5, 5.41) is 5.37. The fourth-order valence-electron chi connectivity index (χ4n) is 2.31. The van der Waals surface area contributed by atoms with Gasteiger partial charge in [-0.25, -0.2) is 13.6 Å². The third-order valence-corrected chi connectivity index (χ3v) is 4.96. The zero-order valence-electron chi connectivity index (χ0n) is 12.1. The van der Waals surface area contributed by atoms with Gasteiger partial charge in [-0.15, -0.1) is 0 Å². The monoisotopic (exact) mass is 330 g/mol. The van der Waals surface area contributed by atoms with Gasteiger partial charge in [0.15, 0.2) is 0 Å². The number of sulfonamides is 1. The van der Waals surface area contributed by atoms with Crippen LogP contribution in [0.5, 0.6) is 0 Å². The number of carbonyl (C=O) groups excluding carboxylic acids is 1. The van der Waals surface area contributed by atoms with E-state index in [2.05, 4.69) is 0 Å². The SMILES string of the molecule is CCN(CC1CC1)C(=O)c1cc(Cl)cc(S(N)(=O)=O)c1C. The van der Waals surface area contributed by atoms with E-state index >= 15 is 0 Å². The lowest BCUT2D eigenvalue weighted by Gasteiger charge is -2.22. The summed E-state index contributed by atoms with van der Waals surface area (Å²) in [6.45, 7) is 4.76. The molecule has 21 heavy (non-hydrogen) atoms. The van der Waals surface area contributed by atoms with Crippen LogP contribution in [0, 0.1) is 12.8 Å². The summed E-state index contributed by atoms with van der Waals surface area (Å²) < 4.78 is 23.2. The van der Waals surface area contributed by atoms with E-state index in [9.17, 15) is 13.2 Å². The molecule has 0 heterocycles. The lowest BCUT2D eigenvalue weighted by Crippen LogP contribution is -2.33. The molecule has 0 atom stereocenters. The predicted octanol–water partition coefficient (Wildman–Crippen LogP) is 2.17. The molecule has 1 aliphatic rings. The van der Waals surface area contributed by atoms with E-state index in [0.29, 0.717) is 30.1 Å². The number of nitrogens with two attached hydrogens (primary N) is 1. The van der Waals surface area contributed by atoms with E-state index in [0.717, 1.165) is 12.8 Å². The Hall–Kier alpha value is -1.11. The molecule has 1 fully saturated rings. The summed E-state index contributed by atoms with van der Waals surface area (Å²) in [6.07, 6.45) is 2.28. The van der Waals surface area contributed by atoms with Crippen LogP contribution in [-0.4, -0.2) is 32.3 Å². The first-order valence-electron chi connectivity index (χ1n) is 6.86. The maximum absolute atomic E-state index is 12.6. The van der Waals surface area contributed by atoms with Gasteiger partial charge in [-0.1, -0.05) is 11.6 Å². The number of hydrogen-bond acceptors (Lipinski definition) is 3. The Morgan fingerprint density at radius 2 is 2.05 bits per heavy atom. The zero-order chi connectivity index (χ0) is 15.8. The maximum atomic E-state index is 12.6. The molecule has 5 nitrogen and oxygen atoms in total. The number of benzene rings is 1. The standard InChI is InChI=1S/C14H19ClN2O3S/c1-3-17(8-10-4-5-10)14(18)12-6-11(15)7-13(9(12)2)21(16,19)20/h6-7,10H,3-5,8H2,1-2H3,(H2,16,19,20). The van der Waals surface area contributed by atoms with Crippen LogP contribution in [0.2, 0.25) is 5.02 Å². The van der Waals surface area contributed by atoms with Crippen LogP contribution in [0.15, 0.2) is 17.0 Å². The quantitative estimate of drug-likeness (QED) is 0.898. The number of rotatable bonds is 5. The normalized spacial score (nSPS) is 15.0. The van der Waals surface area contributed by atoms with E-state index in [-0.39, 0.29) is 15.8 Å². The molecule has 1 saturated carbocycles. The van der Waals surface area contributed by atoms with Gasteiger partial charge in [0, 0.05) is 23.7 Å². The molecule has 2 rings (SSSR count). The van der Waals surface area contributed by atoms with E-state index in [4.69, 9.17) is 16.7 Å². The molecular formula is C14H19ClN2O3S. The van der Waals surface area contributed by atoms with Gasteiger partial charge < -0.3 is 4.90 Å². The molecule has 1 aliphatic carbocycles. The highest BCUT2D eigenvalue weighted by Gasteiger charge is 2.28. The van der Waals surface area contributed by atoms with E-state index in [1.165, 1.54) is 12.1 Å². The number of carbonyl (C=O) groups is 1. The highest BCUT2D eigenvalue weighted by Crippen LogP contribution is 2.31. The average molecular weight is 331 g/mol. The van der Waals surface area contributed by atoms with Crippen LogP contribution in [0.1, 0.15) is 35.7 Å². The minimum atomic E-state index is -3.91. The Bertz CT molecular complexity index is 669. The molecule has 0 saturated heterocycles. The van der Waals surface area contributed by atoms with Gasteiger partial charge in [-0.2, -0.15) is 0 Å². The first kappa shape index (κ1) is 16.3.